The number of hydrogen-bond donors (Lipinski definition) is 2. The van der Waals surface area contributed by atoms with Crippen molar-refractivity contribution in [3.63, 3.8) is 0 Å². The molecule has 2 bridgehead atoms. The van der Waals surface area contributed by atoms with Gasteiger partial charge < -0.3 is 9.84 Å². The molecule has 2 aromatic rings. The van der Waals surface area contributed by atoms with Crippen molar-refractivity contribution in [3.05, 3.63) is 41.5 Å². The van der Waals surface area contributed by atoms with Crippen LogP contribution in [0.4, 0.5) is 14.6 Å². The molecule has 2 saturated heterocycles. The van der Waals surface area contributed by atoms with E-state index in [0.29, 0.717) is 32.0 Å². The Morgan fingerprint density at radius 3 is 2.76 bits per heavy atom. The summed E-state index contributed by atoms with van der Waals surface area (Å²) in [6, 6.07) is 5.50. The van der Waals surface area contributed by atoms with Crippen molar-refractivity contribution in [3.8, 4) is 5.88 Å². The number of nitrogens with zero attached hydrogens (tertiary/aromatic N) is 4. The zero-order valence-corrected chi connectivity index (χ0v) is 22.8. The normalized spacial score (nSPS) is 21.2. The number of carboxylic acids is 1. The van der Waals surface area contributed by atoms with Gasteiger partial charge in [-0.2, -0.15) is 17.7 Å². The summed E-state index contributed by atoms with van der Waals surface area (Å²) < 4.78 is 63.8. The molecule has 4 rings (SSSR count). The Morgan fingerprint density at radius 2 is 2.03 bits per heavy atom. The van der Waals surface area contributed by atoms with Crippen LogP contribution in [0.2, 0.25) is 0 Å². The summed E-state index contributed by atoms with van der Waals surface area (Å²) in [6.45, 7) is 2.50. The first-order valence-corrected chi connectivity index (χ1v) is 14.8. The molecule has 0 radical (unpaired) electrons. The molecule has 14 heteroatoms. The van der Waals surface area contributed by atoms with Crippen molar-refractivity contribution in [2.45, 2.75) is 68.1 Å². The second-order valence-electron chi connectivity index (χ2n) is 9.41. The molecule has 3 atom stereocenters. The molecule has 2 unspecified atom stereocenters. The average Bonchev–Trinajstić information content (AvgIpc) is 3.09. The minimum Gasteiger partial charge on any atom is -0.479 e. The highest BCUT2D eigenvalue weighted by Gasteiger charge is 2.38. The number of nitrogens with one attached hydrogen (secondary N) is 1. The van der Waals surface area contributed by atoms with Gasteiger partial charge in [0, 0.05) is 42.6 Å². The van der Waals surface area contributed by atoms with E-state index in [0.717, 1.165) is 30.7 Å². The van der Waals surface area contributed by atoms with Gasteiger partial charge in [0.05, 0.1) is 0 Å². The van der Waals surface area contributed by atoms with E-state index in [-0.39, 0.29) is 40.6 Å². The monoisotopic (exact) mass is 571 g/mol. The van der Waals surface area contributed by atoms with E-state index in [2.05, 4.69) is 19.6 Å². The number of carboxylic acid groups (broad SMARTS) is 1. The minimum absolute atomic E-state index is 0.0131. The van der Waals surface area contributed by atoms with Crippen LogP contribution < -0.4 is 9.46 Å². The van der Waals surface area contributed by atoms with Crippen molar-refractivity contribution in [2.75, 3.05) is 24.9 Å². The largest absolute Gasteiger partial charge is 0.479 e. The number of benzene rings is 1. The maximum absolute atomic E-state index is 14.1. The third kappa shape index (κ3) is 6.71. The predicted molar refractivity (Wildman–Crippen MR) is 138 cm³/mol. The van der Waals surface area contributed by atoms with E-state index >= 15 is 0 Å². The van der Waals surface area contributed by atoms with Gasteiger partial charge in [0.1, 0.15) is 5.82 Å². The molecule has 1 aromatic heterocycles. The van der Waals surface area contributed by atoms with Crippen LogP contribution in [0.5, 0.6) is 5.88 Å². The zero-order chi connectivity index (χ0) is 27.4. The molecule has 0 aliphatic carbocycles. The number of thioether (sulfide) groups is 1. The van der Waals surface area contributed by atoms with Gasteiger partial charge in [-0.05, 0) is 38.8 Å². The van der Waals surface area contributed by atoms with Crippen molar-refractivity contribution >= 4 is 33.8 Å². The van der Waals surface area contributed by atoms with Crippen LogP contribution in [-0.4, -0.2) is 77.0 Å². The SMILES string of the molecule is CCC[C@@H](Oc1cc(NS(=O)(=O)N2CCC3CCC(C2)N3C)nc(SCc2cccc(F)c2F)n1)C(=O)O. The predicted octanol–water partition coefficient (Wildman–Crippen LogP) is 3.50. The molecular formula is C24H31F2N5O5S2. The van der Waals surface area contributed by atoms with Crippen LogP contribution >= 0.6 is 11.8 Å². The molecule has 0 spiro atoms. The molecular weight excluding hydrogens is 540 g/mol. The molecule has 0 saturated carbocycles. The summed E-state index contributed by atoms with van der Waals surface area (Å²) in [5, 5.41) is 9.51. The number of fused-ring (bicyclic) bond motifs is 2. The molecule has 2 aliphatic heterocycles. The van der Waals surface area contributed by atoms with E-state index < -0.39 is 33.9 Å². The lowest BCUT2D eigenvalue weighted by molar-refractivity contribution is -0.145. The second kappa shape index (κ2) is 12.1. The van der Waals surface area contributed by atoms with E-state index in [1.807, 2.05) is 7.05 Å². The number of rotatable bonds is 11. The Labute approximate surface area is 225 Å². The fourth-order valence-corrected chi connectivity index (χ4v) is 6.75. The van der Waals surface area contributed by atoms with Crippen molar-refractivity contribution in [1.82, 2.24) is 19.2 Å². The summed E-state index contributed by atoms with van der Waals surface area (Å²) in [5.74, 6) is -3.47. The summed E-state index contributed by atoms with van der Waals surface area (Å²) in [7, 11) is -1.98. The number of anilines is 1. The van der Waals surface area contributed by atoms with Crippen LogP contribution in [0.15, 0.2) is 29.4 Å². The molecule has 0 amide bonds. The first-order valence-electron chi connectivity index (χ1n) is 12.4. The fourth-order valence-electron chi connectivity index (χ4n) is 4.72. The zero-order valence-electron chi connectivity index (χ0n) is 21.1. The molecule has 2 fully saturated rings. The maximum atomic E-state index is 14.1. The van der Waals surface area contributed by atoms with Gasteiger partial charge in [-0.15, -0.1) is 0 Å². The summed E-state index contributed by atoms with van der Waals surface area (Å²) >= 11 is 0.937. The lowest BCUT2D eigenvalue weighted by Gasteiger charge is -2.25. The van der Waals surface area contributed by atoms with Gasteiger partial charge in [0.25, 0.3) is 0 Å². The van der Waals surface area contributed by atoms with E-state index in [9.17, 15) is 27.1 Å². The summed E-state index contributed by atoms with van der Waals surface area (Å²) in [6.07, 6.45) is 2.22. The number of halogens is 2. The Bertz CT molecular complexity index is 1270. The van der Waals surface area contributed by atoms with Crippen LogP contribution in [-0.2, 0) is 20.8 Å². The van der Waals surface area contributed by atoms with Crippen molar-refractivity contribution < 1.29 is 31.8 Å². The van der Waals surface area contributed by atoms with E-state index in [1.54, 1.807) is 6.92 Å². The number of aromatic nitrogens is 2. The third-order valence-corrected chi connectivity index (χ3v) is 9.22. The van der Waals surface area contributed by atoms with Gasteiger partial charge in [-0.3, -0.25) is 9.62 Å². The molecule has 1 aromatic carbocycles. The van der Waals surface area contributed by atoms with Crippen LogP contribution in [0.3, 0.4) is 0 Å². The minimum atomic E-state index is -4.00. The number of carbonyl (C=O) groups is 1. The highest BCUT2D eigenvalue weighted by Crippen LogP contribution is 2.31. The highest BCUT2D eigenvalue weighted by atomic mass is 32.2. The van der Waals surface area contributed by atoms with Crippen LogP contribution in [0.1, 0.15) is 44.6 Å². The van der Waals surface area contributed by atoms with Crippen molar-refractivity contribution in [1.29, 1.82) is 0 Å². The fraction of sp³-hybridized carbons (Fsp3) is 0.542. The van der Waals surface area contributed by atoms with Gasteiger partial charge in [-0.1, -0.05) is 37.2 Å². The first-order chi connectivity index (χ1) is 18.1. The Balaban J connectivity index is 1.58. The Hall–Kier alpha value is -2.55. The number of likely N-dealkylation sites (N-methyl/N-ethyl adjacent to an activating group) is 1. The standard InChI is InChI=1S/C24H31F2N5O5S2/c1-3-5-19(23(32)33)36-21-12-20(27-24(28-21)37-14-15-6-4-7-18(25)22(15)26)29-38(34,35)31-11-10-16-8-9-17(13-31)30(16)2/h4,6-7,12,16-17,19H,3,5,8-11,13-14H2,1-2H3,(H,32,33)(H,27,28,29)/t16?,17?,19-/m1/s1. The maximum Gasteiger partial charge on any atom is 0.344 e. The second-order valence-corrected chi connectivity index (χ2v) is 12.0. The first kappa shape index (κ1) is 28.5. The number of hydrogen-bond acceptors (Lipinski definition) is 8. The molecule has 3 heterocycles. The van der Waals surface area contributed by atoms with Gasteiger partial charge in [-0.25, -0.2) is 18.6 Å². The Morgan fingerprint density at radius 1 is 1.26 bits per heavy atom. The lowest BCUT2D eigenvalue weighted by atomic mass is 10.1. The molecule has 2 N–H and O–H groups in total. The summed E-state index contributed by atoms with van der Waals surface area (Å²) in [5.41, 5.74) is 0.0742. The lowest BCUT2D eigenvalue weighted by Crippen LogP contribution is -2.42. The summed E-state index contributed by atoms with van der Waals surface area (Å²) in [4.78, 5) is 22.3. The highest BCUT2D eigenvalue weighted by molar-refractivity contribution is 7.98. The van der Waals surface area contributed by atoms with Gasteiger partial charge in [0.15, 0.2) is 22.9 Å². The van der Waals surface area contributed by atoms with Crippen molar-refractivity contribution in [2.24, 2.45) is 0 Å². The van der Waals surface area contributed by atoms with Crippen LogP contribution in [0.25, 0.3) is 0 Å². The third-order valence-electron chi connectivity index (χ3n) is 6.84. The topological polar surface area (TPSA) is 125 Å². The molecule has 208 valence electrons. The number of aliphatic carboxylic acids is 1. The molecule has 38 heavy (non-hydrogen) atoms. The quantitative estimate of drug-likeness (QED) is 0.308. The molecule has 10 nitrogen and oxygen atoms in total. The van der Waals surface area contributed by atoms with E-state index in [1.165, 1.54) is 22.5 Å². The Kier molecular flexibility index (Phi) is 9.06. The smallest absolute Gasteiger partial charge is 0.344 e. The molecule has 2 aliphatic rings. The average molecular weight is 572 g/mol. The number of ether oxygens (including phenoxy) is 1. The van der Waals surface area contributed by atoms with E-state index in [4.69, 9.17) is 4.74 Å². The van der Waals surface area contributed by atoms with Gasteiger partial charge >= 0.3 is 16.2 Å². The van der Waals surface area contributed by atoms with Gasteiger partial charge in [0.2, 0.25) is 5.88 Å². The van der Waals surface area contributed by atoms with Crippen LogP contribution in [0, 0.1) is 11.6 Å².